The summed E-state index contributed by atoms with van der Waals surface area (Å²) in [5.74, 6) is -1.07. The summed E-state index contributed by atoms with van der Waals surface area (Å²) in [5, 5.41) is 15.5. The van der Waals surface area contributed by atoms with Crippen LogP contribution in [0, 0.1) is 19.7 Å². The Bertz CT molecular complexity index is 1770. The molecule has 1 unspecified atom stereocenters. The highest BCUT2D eigenvalue weighted by Crippen LogP contribution is 2.42. The van der Waals surface area contributed by atoms with Gasteiger partial charge in [0.1, 0.15) is 11.6 Å². The van der Waals surface area contributed by atoms with Gasteiger partial charge in [0.15, 0.2) is 6.10 Å². The van der Waals surface area contributed by atoms with Gasteiger partial charge in [-0.3, -0.25) is 0 Å². The van der Waals surface area contributed by atoms with Gasteiger partial charge < -0.3 is 24.2 Å². The van der Waals surface area contributed by atoms with Crippen molar-refractivity contribution in [3.63, 3.8) is 0 Å². The topological polar surface area (TPSA) is 85.5 Å². The van der Waals surface area contributed by atoms with Crippen molar-refractivity contribution >= 4 is 17.2 Å². The summed E-state index contributed by atoms with van der Waals surface area (Å²) in [4.78, 5) is 15.6. The number of phenols is 1. The summed E-state index contributed by atoms with van der Waals surface area (Å²) in [6, 6.07) is 12.4. The maximum absolute atomic E-state index is 15.2. The number of phenolic OH excluding ortho intramolecular Hbond substituents is 1. The SMILES string of the molecule is C=CCOC1(C)CCN(c2c(C(OC(C)(C)C)C(=O)OC)c(C)cn3nc(-c4cccc(-c5c(O)ccc(C)c5F)c4)cc23)CC1. The lowest BCUT2D eigenvalue weighted by atomic mass is 9.91. The van der Waals surface area contributed by atoms with Gasteiger partial charge in [-0.1, -0.05) is 30.3 Å². The number of aromatic hydroxyl groups is 1. The molecule has 0 aliphatic carbocycles. The van der Waals surface area contributed by atoms with Gasteiger partial charge in [0.2, 0.25) is 0 Å². The second-order valence-corrected chi connectivity index (χ2v) is 13.3. The minimum atomic E-state index is -0.968. The Hall–Kier alpha value is -4.21. The highest BCUT2D eigenvalue weighted by atomic mass is 19.1. The first-order chi connectivity index (χ1) is 21.7. The number of benzene rings is 2. The van der Waals surface area contributed by atoms with Crippen LogP contribution in [-0.2, 0) is 19.0 Å². The second-order valence-electron chi connectivity index (χ2n) is 13.3. The molecule has 4 aromatic rings. The van der Waals surface area contributed by atoms with E-state index < -0.39 is 23.5 Å². The number of hydrogen-bond donors (Lipinski definition) is 1. The minimum absolute atomic E-state index is 0.125. The van der Waals surface area contributed by atoms with Crippen molar-refractivity contribution in [1.82, 2.24) is 9.61 Å². The highest BCUT2D eigenvalue weighted by Gasteiger charge is 2.37. The number of pyridine rings is 1. The normalized spacial score (nSPS) is 15.6. The molecule has 1 N–H and O–H groups in total. The van der Waals surface area contributed by atoms with Crippen LogP contribution in [0.25, 0.3) is 27.9 Å². The van der Waals surface area contributed by atoms with Crippen LogP contribution < -0.4 is 4.90 Å². The lowest BCUT2D eigenvalue weighted by Gasteiger charge is -2.41. The van der Waals surface area contributed by atoms with Crippen LogP contribution in [0.5, 0.6) is 5.75 Å². The van der Waals surface area contributed by atoms with Gasteiger partial charge in [-0.05, 0) is 89.3 Å². The molecule has 1 atom stereocenters. The van der Waals surface area contributed by atoms with Crippen molar-refractivity contribution in [2.24, 2.45) is 0 Å². The molecule has 2 aromatic heterocycles. The van der Waals surface area contributed by atoms with E-state index in [1.165, 1.54) is 13.2 Å². The molecule has 0 radical (unpaired) electrons. The Labute approximate surface area is 270 Å². The molecule has 0 saturated carbocycles. The van der Waals surface area contributed by atoms with Crippen LogP contribution in [-0.4, -0.2) is 58.7 Å². The number of carbonyl (C=O) groups is 1. The summed E-state index contributed by atoms with van der Waals surface area (Å²) in [5.41, 5.74) is 4.85. The quantitative estimate of drug-likeness (QED) is 0.150. The van der Waals surface area contributed by atoms with E-state index in [4.69, 9.17) is 19.3 Å². The number of carbonyl (C=O) groups excluding carboxylic acids is 1. The molecule has 1 fully saturated rings. The second kappa shape index (κ2) is 12.9. The van der Waals surface area contributed by atoms with Crippen LogP contribution in [0.2, 0.25) is 0 Å². The molecule has 1 saturated heterocycles. The monoisotopic (exact) mass is 629 g/mol. The largest absolute Gasteiger partial charge is 0.507 e. The van der Waals surface area contributed by atoms with Crippen molar-refractivity contribution in [1.29, 1.82) is 0 Å². The number of piperidine rings is 1. The zero-order valence-corrected chi connectivity index (χ0v) is 27.8. The first-order valence-corrected chi connectivity index (χ1v) is 15.6. The number of fused-ring (bicyclic) bond motifs is 1. The Morgan fingerprint density at radius 1 is 1.13 bits per heavy atom. The van der Waals surface area contributed by atoms with Gasteiger partial charge in [0.25, 0.3) is 0 Å². The van der Waals surface area contributed by atoms with Gasteiger partial charge >= 0.3 is 5.97 Å². The number of halogens is 1. The fraction of sp³-hybridized carbons (Fsp3) is 0.405. The van der Waals surface area contributed by atoms with Crippen LogP contribution in [0.15, 0.2) is 61.3 Å². The average Bonchev–Trinajstić information content (AvgIpc) is 3.44. The fourth-order valence-corrected chi connectivity index (χ4v) is 6.12. The Kier molecular flexibility index (Phi) is 9.29. The molecule has 1 aliphatic heterocycles. The number of ether oxygens (including phenoxy) is 3. The number of hydrogen-bond acceptors (Lipinski definition) is 7. The predicted molar refractivity (Wildman–Crippen MR) is 179 cm³/mol. The Morgan fingerprint density at radius 3 is 2.48 bits per heavy atom. The van der Waals surface area contributed by atoms with Crippen molar-refractivity contribution in [2.45, 2.75) is 71.7 Å². The van der Waals surface area contributed by atoms with Gasteiger partial charge in [-0.15, -0.1) is 6.58 Å². The van der Waals surface area contributed by atoms with Gasteiger partial charge in [0.05, 0.1) is 47.4 Å². The van der Waals surface area contributed by atoms with E-state index in [0.717, 1.165) is 40.7 Å². The molecule has 9 heteroatoms. The van der Waals surface area contributed by atoms with Crippen molar-refractivity contribution in [3.8, 4) is 28.1 Å². The van der Waals surface area contributed by atoms with E-state index in [0.29, 0.717) is 36.5 Å². The molecule has 0 amide bonds. The third kappa shape index (κ3) is 6.66. The van der Waals surface area contributed by atoms with Gasteiger partial charge in [-0.2, -0.15) is 5.10 Å². The first-order valence-electron chi connectivity index (χ1n) is 15.6. The van der Waals surface area contributed by atoms with E-state index in [2.05, 4.69) is 18.4 Å². The molecule has 46 heavy (non-hydrogen) atoms. The first kappa shape index (κ1) is 33.2. The molecule has 1 aliphatic rings. The Morgan fingerprint density at radius 2 is 1.83 bits per heavy atom. The van der Waals surface area contributed by atoms with E-state index in [1.807, 2.05) is 62.7 Å². The van der Waals surface area contributed by atoms with E-state index >= 15 is 4.39 Å². The van der Waals surface area contributed by atoms with E-state index in [-0.39, 0.29) is 16.9 Å². The molecule has 8 nitrogen and oxygen atoms in total. The molecule has 0 spiro atoms. The number of nitrogens with zero attached hydrogens (tertiary/aromatic N) is 3. The van der Waals surface area contributed by atoms with Gasteiger partial charge in [-0.25, -0.2) is 13.7 Å². The Balaban J connectivity index is 1.67. The van der Waals surface area contributed by atoms with Crippen LogP contribution in [0.3, 0.4) is 0 Å². The zero-order valence-electron chi connectivity index (χ0n) is 27.8. The number of methoxy groups -OCH3 is 1. The van der Waals surface area contributed by atoms with Crippen molar-refractivity contribution < 1.29 is 28.5 Å². The van der Waals surface area contributed by atoms with Crippen molar-refractivity contribution in [2.75, 3.05) is 31.7 Å². The number of anilines is 1. The number of aryl methyl sites for hydroxylation is 2. The maximum atomic E-state index is 15.2. The van der Waals surface area contributed by atoms with Crippen LogP contribution in [0.1, 0.15) is 63.3 Å². The van der Waals surface area contributed by atoms with Crippen molar-refractivity contribution in [3.05, 3.63) is 83.8 Å². The van der Waals surface area contributed by atoms with E-state index in [1.54, 1.807) is 25.1 Å². The van der Waals surface area contributed by atoms with Crippen LogP contribution >= 0.6 is 0 Å². The smallest absolute Gasteiger partial charge is 0.339 e. The zero-order chi connectivity index (χ0) is 33.4. The summed E-state index contributed by atoms with van der Waals surface area (Å²) >= 11 is 0. The lowest BCUT2D eigenvalue weighted by molar-refractivity contribution is -0.164. The molecular formula is C37H44FN3O5. The minimum Gasteiger partial charge on any atom is -0.507 e. The third-order valence-electron chi connectivity index (χ3n) is 8.57. The third-order valence-corrected chi connectivity index (χ3v) is 8.57. The van der Waals surface area contributed by atoms with E-state index in [9.17, 15) is 9.90 Å². The molecule has 5 rings (SSSR count). The molecule has 0 bridgehead atoms. The fourth-order valence-electron chi connectivity index (χ4n) is 6.12. The van der Waals surface area contributed by atoms with Crippen LogP contribution in [0.4, 0.5) is 10.1 Å². The lowest BCUT2D eigenvalue weighted by Crippen LogP contribution is -2.45. The summed E-state index contributed by atoms with van der Waals surface area (Å²) < 4.78 is 34.8. The predicted octanol–water partition coefficient (Wildman–Crippen LogP) is 7.72. The highest BCUT2D eigenvalue weighted by molar-refractivity contribution is 5.88. The summed E-state index contributed by atoms with van der Waals surface area (Å²) in [6.07, 6.45) is 4.25. The molecular weight excluding hydrogens is 585 g/mol. The average molecular weight is 630 g/mol. The summed E-state index contributed by atoms with van der Waals surface area (Å²) in [7, 11) is 1.37. The number of aromatic nitrogens is 2. The maximum Gasteiger partial charge on any atom is 0.339 e. The standard InChI is InChI=1S/C37H44FN3O5/c1-9-19-45-37(7)15-17-40(18-16-37)33-28-21-27(25-11-10-12-26(20-25)31-29(42)14-13-23(2)32(31)38)39-41(28)22-24(3)30(33)34(35(43)44-8)46-36(4,5)6/h9-14,20-22,34,42H,1,15-19H2,2-8H3. The number of rotatable bonds is 9. The molecule has 244 valence electrons. The summed E-state index contributed by atoms with van der Waals surface area (Å²) in [6.45, 7) is 17.1. The van der Waals surface area contributed by atoms with Gasteiger partial charge in [0, 0.05) is 30.4 Å². The molecule has 2 aromatic carbocycles. The number of esters is 1. The molecule has 3 heterocycles.